The van der Waals surface area contributed by atoms with Gasteiger partial charge in [-0.15, -0.1) is 0 Å². The molecule has 2 heteroatoms. The second-order valence-corrected chi connectivity index (χ2v) is 4.99. The average molecular weight is 198 g/mol. The van der Waals surface area contributed by atoms with Crippen LogP contribution in [0.4, 0.5) is 0 Å². The Labute approximate surface area is 88.8 Å². The monoisotopic (exact) mass is 198 g/mol. The number of rotatable bonds is 4. The van der Waals surface area contributed by atoms with Gasteiger partial charge in [-0.25, -0.2) is 0 Å². The lowest BCUT2D eigenvalue weighted by molar-refractivity contribution is 0.156. The molecule has 2 unspecified atom stereocenters. The predicted molar refractivity (Wildman–Crippen MR) is 62.3 cm³/mol. The Morgan fingerprint density at radius 2 is 1.86 bits per heavy atom. The van der Waals surface area contributed by atoms with Crippen molar-refractivity contribution in [1.29, 1.82) is 0 Å². The average Bonchev–Trinajstić information content (AvgIpc) is 2.19. The van der Waals surface area contributed by atoms with Crippen LogP contribution in [0.15, 0.2) is 0 Å². The Morgan fingerprint density at radius 3 is 2.29 bits per heavy atom. The Hall–Kier alpha value is -0.0800. The lowest BCUT2D eigenvalue weighted by Crippen LogP contribution is -2.40. The van der Waals surface area contributed by atoms with E-state index in [1.807, 2.05) is 0 Å². The van der Waals surface area contributed by atoms with E-state index in [1.54, 1.807) is 0 Å². The number of likely N-dealkylation sites (tertiary alicyclic amines) is 1. The molecule has 1 heterocycles. The Morgan fingerprint density at radius 1 is 1.29 bits per heavy atom. The van der Waals surface area contributed by atoms with Gasteiger partial charge in [0.25, 0.3) is 0 Å². The fourth-order valence-electron chi connectivity index (χ4n) is 2.15. The molecule has 0 saturated carbocycles. The van der Waals surface area contributed by atoms with Gasteiger partial charge in [-0.1, -0.05) is 20.3 Å². The molecule has 14 heavy (non-hydrogen) atoms. The maximum absolute atomic E-state index is 5.88. The first-order chi connectivity index (χ1) is 6.63. The third-order valence-corrected chi connectivity index (χ3v) is 3.73. The molecular formula is C12H26N2. The van der Waals surface area contributed by atoms with E-state index in [0.29, 0.717) is 12.0 Å². The number of nitrogens with two attached hydrogens (primary N) is 1. The molecule has 2 nitrogen and oxygen atoms in total. The Balaban J connectivity index is 2.22. The van der Waals surface area contributed by atoms with E-state index in [4.69, 9.17) is 5.73 Å². The summed E-state index contributed by atoms with van der Waals surface area (Å²) in [6, 6.07) is 0.332. The highest BCUT2D eigenvalue weighted by molar-refractivity contribution is 4.75. The van der Waals surface area contributed by atoms with Crippen LogP contribution in [-0.4, -0.2) is 30.6 Å². The number of hydrogen-bond donors (Lipinski definition) is 1. The lowest BCUT2D eigenvalue weighted by Gasteiger charge is -2.34. The second kappa shape index (κ2) is 5.72. The molecule has 2 atom stereocenters. The quantitative estimate of drug-likeness (QED) is 0.749. The number of nitrogens with zero attached hydrogens (tertiary/aromatic N) is 1. The fraction of sp³-hybridized carbons (Fsp3) is 1.00. The van der Waals surface area contributed by atoms with E-state index in [1.165, 1.54) is 38.9 Å². The van der Waals surface area contributed by atoms with E-state index >= 15 is 0 Å². The van der Waals surface area contributed by atoms with Crippen molar-refractivity contribution < 1.29 is 0 Å². The van der Waals surface area contributed by atoms with Gasteiger partial charge in [0.2, 0.25) is 0 Å². The van der Waals surface area contributed by atoms with Gasteiger partial charge in [-0.2, -0.15) is 0 Å². The van der Waals surface area contributed by atoms with Crippen molar-refractivity contribution in [3.05, 3.63) is 0 Å². The van der Waals surface area contributed by atoms with E-state index in [-0.39, 0.29) is 0 Å². The van der Waals surface area contributed by atoms with Crippen LogP contribution in [0.3, 0.4) is 0 Å². The minimum absolute atomic E-state index is 0.332. The van der Waals surface area contributed by atoms with Crippen molar-refractivity contribution in [2.75, 3.05) is 19.6 Å². The molecule has 2 N–H and O–H groups in total. The molecule has 84 valence electrons. The van der Waals surface area contributed by atoms with Gasteiger partial charge in [0.05, 0.1) is 0 Å². The highest BCUT2D eigenvalue weighted by Crippen LogP contribution is 2.20. The lowest BCUT2D eigenvalue weighted by atomic mass is 9.93. The standard InChI is InChI=1S/C12H26N2/c1-4-12-5-7-14(8-6-12)9-10(2)11(3)13/h10-12H,4-9,13H2,1-3H3. The summed E-state index contributed by atoms with van der Waals surface area (Å²) in [5.74, 6) is 1.62. The first-order valence-corrected chi connectivity index (χ1v) is 6.11. The van der Waals surface area contributed by atoms with Crippen molar-refractivity contribution >= 4 is 0 Å². The van der Waals surface area contributed by atoms with Gasteiger partial charge in [0.15, 0.2) is 0 Å². The molecule has 1 fully saturated rings. The summed E-state index contributed by atoms with van der Waals surface area (Å²) in [4.78, 5) is 2.58. The van der Waals surface area contributed by atoms with Crippen LogP contribution in [0.2, 0.25) is 0 Å². The summed E-state index contributed by atoms with van der Waals surface area (Å²) in [7, 11) is 0. The number of hydrogen-bond acceptors (Lipinski definition) is 2. The molecular weight excluding hydrogens is 172 g/mol. The van der Waals surface area contributed by atoms with Gasteiger partial charge in [0, 0.05) is 12.6 Å². The van der Waals surface area contributed by atoms with Crippen LogP contribution in [0.1, 0.15) is 40.0 Å². The normalized spacial score (nSPS) is 24.9. The van der Waals surface area contributed by atoms with E-state index in [0.717, 1.165) is 5.92 Å². The summed E-state index contributed by atoms with van der Waals surface area (Å²) >= 11 is 0. The van der Waals surface area contributed by atoms with Crippen LogP contribution >= 0.6 is 0 Å². The molecule has 0 bridgehead atoms. The molecule has 0 spiro atoms. The maximum Gasteiger partial charge on any atom is 0.00483 e. The number of piperidine rings is 1. The summed E-state index contributed by atoms with van der Waals surface area (Å²) in [6.45, 7) is 10.4. The molecule has 1 aliphatic rings. The largest absolute Gasteiger partial charge is 0.328 e. The van der Waals surface area contributed by atoms with Crippen molar-refractivity contribution in [2.45, 2.75) is 46.1 Å². The van der Waals surface area contributed by atoms with Gasteiger partial charge >= 0.3 is 0 Å². The minimum Gasteiger partial charge on any atom is -0.328 e. The van der Waals surface area contributed by atoms with Crippen LogP contribution in [0.5, 0.6) is 0 Å². The van der Waals surface area contributed by atoms with Gasteiger partial charge < -0.3 is 10.6 Å². The van der Waals surface area contributed by atoms with Gasteiger partial charge in [0.1, 0.15) is 0 Å². The van der Waals surface area contributed by atoms with E-state index in [9.17, 15) is 0 Å². The van der Waals surface area contributed by atoms with Crippen LogP contribution in [0.25, 0.3) is 0 Å². The Bertz CT molecular complexity index is 148. The molecule has 0 amide bonds. The summed E-state index contributed by atoms with van der Waals surface area (Å²) in [6.07, 6.45) is 4.14. The van der Waals surface area contributed by atoms with Crippen LogP contribution in [0, 0.1) is 11.8 Å². The summed E-state index contributed by atoms with van der Waals surface area (Å²) in [5, 5.41) is 0. The van der Waals surface area contributed by atoms with Crippen LogP contribution in [-0.2, 0) is 0 Å². The van der Waals surface area contributed by atoms with Gasteiger partial charge in [-0.05, 0) is 44.7 Å². The van der Waals surface area contributed by atoms with E-state index in [2.05, 4.69) is 25.7 Å². The van der Waals surface area contributed by atoms with Crippen LogP contribution < -0.4 is 5.73 Å². The third kappa shape index (κ3) is 3.58. The first-order valence-electron chi connectivity index (χ1n) is 6.11. The second-order valence-electron chi connectivity index (χ2n) is 4.99. The minimum atomic E-state index is 0.332. The first kappa shape index (κ1) is 12.0. The summed E-state index contributed by atoms with van der Waals surface area (Å²) < 4.78 is 0. The maximum atomic E-state index is 5.88. The molecule has 0 radical (unpaired) electrons. The molecule has 0 aromatic carbocycles. The van der Waals surface area contributed by atoms with Crippen molar-refractivity contribution in [3.63, 3.8) is 0 Å². The van der Waals surface area contributed by atoms with Crippen molar-refractivity contribution in [2.24, 2.45) is 17.6 Å². The SMILES string of the molecule is CCC1CCN(CC(C)C(C)N)CC1. The molecule has 0 aliphatic carbocycles. The smallest absolute Gasteiger partial charge is 0.00483 e. The fourth-order valence-corrected chi connectivity index (χ4v) is 2.15. The topological polar surface area (TPSA) is 29.3 Å². The van der Waals surface area contributed by atoms with Crippen molar-refractivity contribution in [1.82, 2.24) is 4.90 Å². The highest BCUT2D eigenvalue weighted by Gasteiger charge is 2.19. The highest BCUT2D eigenvalue weighted by atomic mass is 15.1. The molecule has 1 rings (SSSR count). The zero-order chi connectivity index (χ0) is 10.6. The summed E-state index contributed by atoms with van der Waals surface area (Å²) in [5.41, 5.74) is 5.88. The predicted octanol–water partition coefficient (Wildman–Crippen LogP) is 2.09. The molecule has 0 aromatic rings. The third-order valence-electron chi connectivity index (χ3n) is 3.73. The zero-order valence-corrected chi connectivity index (χ0v) is 10.00. The molecule has 1 saturated heterocycles. The molecule has 0 aromatic heterocycles. The van der Waals surface area contributed by atoms with E-state index < -0.39 is 0 Å². The molecule has 1 aliphatic heterocycles. The zero-order valence-electron chi connectivity index (χ0n) is 10.00. The van der Waals surface area contributed by atoms with Gasteiger partial charge in [-0.3, -0.25) is 0 Å². The Kier molecular flexibility index (Phi) is 4.90. The van der Waals surface area contributed by atoms with Crippen molar-refractivity contribution in [3.8, 4) is 0 Å².